The van der Waals surface area contributed by atoms with E-state index >= 15 is 0 Å². The fourth-order valence-corrected chi connectivity index (χ4v) is 2.09. The van der Waals surface area contributed by atoms with Crippen molar-refractivity contribution in [3.63, 3.8) is 0 Å². The van der Waals surface area contributed by atoms with Crippen LogP contribution in [-0.2, 0) is 11.2 Å². The van der Waals surface area contributed by atoms with E-state index in [0.29, 0.717) is 15.6 Å². The summed E-state index contributed by atoms with van der Waals surface area (Å²) in [5, 5.41) is 3.31. The highest BCUT2D eigenvalue weighted by atomic mass is 35.5. The minimum atomic E-state index is -1.02. The lowest BCUT2D eigenvalue weighted by molar-refractivity contribution is -0.115. The number of carbonyl (C=O) groups excluding carboxylic acids is 1. The van der Waals surface area contributed by atoms with Gasteiger partial charge >= 0.3 is 0 Å². The average molecular weight is 316 g/mol. The molecule has 2 aromatic rings. The summed E-state index contributed by atoms with van der Waals surface area (Å²) < 4.78 is 25.8. The quantitative estimate of drug-likeness (QED) is 0.890. The van der Waals surface area contributed by atoms with Gasteiger partial charge < -0.3 is 5.32 Å². The highest BCUT2D eigenvalue weighted by Crippen LogP contribution is 2.22. The van der Waals surface area contributed by atoms with Crippen molar-refractivity contribution in [3.8, 4) is 0 Å². The molecule has 0 saturated heterocycles. The second-order valence-electron chi connectivity index (χ2n) is 4.09. The monoisotopic (exact) mass is 315 g/mol. The van der Waals surface area contributed by atoms with Crippen LogP contribution in [0.25, 0.3) is 0 Å². The van der Waals surface area contributed by atoms with Crippen LogP contribution in [0.4, 0.5) is 14.5 Å². The summed E-state index contributed by atoms with van der Waals surface area (Å²) in [7, 11) is 0. The third-order valence-corrected chi connectivity index (χ3v) is 3.16. The highest BCUT2D eigenvalue weighted by Gasteiger charge is 2.09. The number of carbonyl (C=O) groups is 1. The highest BCUT2D eigenvalue weighted by molar-refractivity contribution is 6.35. The maximum absolute atomic E-state index is 13.0. The molecular weight excluding hydrogens is 307 g/mol. The predicted molar refractivity (Wildman–Crippen MR) is 75.2 cm³/mol. The lowest BCUT2D eigenvalue weighted by atomic mass is 10.1. The summed E-state index contributed by atoms with van der Waals surface area (Å²) in [6.07, 6.45) is 0.00893. The summed E-state index contributed by atoms with van der Waals surface area (Å²) in [6.45, 7) is 0. The van der Waals surface area contributed by atoms with Gasteiger partial charge in [0.1, 0.15) is 0 Å². The molecular formula is C14H9Cl2F2NO. The molecule has 20 heavy (non-hydrogen) atoms. The van der Waals surface area contributed by atoms with E-state index in [4.69, 9.17) is 23.2 Å². The van der Waals surface area contributed by atoms with Crippen molar-refractivity contribution in [2.75, 3.05) is 5.32 Å². The standard InChI is InChI=1S/C14H9Cl2F2NO/c15-9-2-1-8(11(16)6-9)5-14(20)19-10-3-4-12(17)13(18)7-10/h1-4,6-7H,5H2,(H,19,20). The maximum atomic E-state index is 13.0. The molecule has 0 aromatic heterocycles. The van der Waals surface area contributed by atoms with E-state index in [2.05, 4.69) is 5.32 Å². The Bertz CT molecular complexity index is 662. The van der Waals surface area contributed by atoms with Gasteiger partial charge in [0.15, 0.2) is 11.6 Å². The van der Waals surface area contributed by atoms with E-state index < -0.39 is 11.6 Å². The summed E-state index contributed by atoms with van der Waals surface area (Å²) in [5.41, 5.74) is 0.773. The molecule has 0 aliphatic rings. The smallest absolute Gasteiger partial charge is 0.228 e. The van der Waals surface area contributed by atoms with Gasteiger partial charge in [-0.05, 0) is 29.8 Å². The number of nitrogens with one attached hydrogen (secondary N) is 1. The molecule has 6 heteroatoms. The molecule has 0 atom stereocenters. The first-order chi connectivity index (χ1) is 9.45. The summed E-state index contributed by atoms with van der Waals surface area (Å²) in [5.74, 6) is -2.38. The molecule has 1 N–H and O–H groups in total. The minimum Gasteiger partial charge on any atom is -0.326 e. The number of benzene rings is 2. The van der Waals surface area contributed by atoms with Crippen LogP contribution in [0.2, 0.25) is 10.0 Å². The van der Waals surface area contributed by atoms with Crippen molar-refractivity contribution < 1.29 is 13.6 Å². The molecule has 0 fully saturated rings. The summed E-state index contributed by atoms with van der Waals surface area (Å²) in [6, 6.07) is 7.92. The van der Waals surface area contributed by atoms with E-state index in [9.17, 15) is 13.6 Å². The number of halogens is 4. The van der Waals surface area contributed by atoms with Crippen LogP contribution < -0.4 is 5.32 Å². The average Bonchev–Trinajstić information content (AvgIpc) is 2.37. The van der Waals surface area contributed by atoms with Crippen LogP contribution in [0.15, 0.2) is 36.4 Å². The lowest BCUT2D eigenvalue weighted by Crippen LogP contribution is -2.14. The zero-order chi connectivity index (χ0) is 14.7. The molecule has 104 valence electrons. The van der Waals surface area contributed by atoms with Crippen molar-refractivity contribution in [3.05, 3.63) is 63.6 Å². The van der Waals surface area contributed by atoms with Gasteiger partial charge in [-0.15, -0.1) is 0 Å². The molecule has 2 rings (SSSR count). The normalized spacial score (nSPS) is 10.4. The van der Waals surface area contributed by atoms with E-state index in [-0.39, 0.29) is 18.0 Å². The molecule has 0 bridgehead atoms. The van der Waals surface area contributed by atoms with Crippen molar-refractivity contribution in [2.45, 2.75) is 6.42 Å². The van der Waals surface area contributed by atoms with Gasteiger partial charge in [0.25, 0.3) is 0 Å². The third kappa shape index (κ3) is 3.68. The Labute approximate surface area is 124 Å². The van der Waals surface area contributed by atoms with E-state index in [1.54, 1.807) is 12.1 Å². The van der Waals surface area contributed by atoms with Crippen molar-refractivity contribution in [2.24, 2.45) is 0 Å². The zero-order valence-corrected chi connectivity index (χ0v) is 11.6. The van der Waals surface area contributed by atoms with Gasteiger partial charge in [-0.1, -0.05) is 29.3 Å². The Hall–Kier alpha value is -1.65. The van der Waals surface area contributed by atoms with Crippen LogP contribution in [-0.4, -0.2) is 5.91 Å². The summed E-state index contributed by atoms with van der Waals surface area (Å²) in [4.78, 5) is 11.8. The SMILES string of the molecule is O=C(Cc1ccc(Cl)cc1Cl)Nc1ccc(F)c(F)c1. The Morgan fingerprint density at radius 1 is 1.05 bits per heavy atom. The molecule has 0 spiro atoms. The van der Waals surface area contributed by atoms with Gasteiger partial charge in [-0.2, -0.15) is 0 Å². The molecule has 2 nitrogen and oxygen atoms in total. The third-order valence-electron chi connectivity index (χ3n) is 2.57. The van der Waals surface area contributed by atoms with Crippen molar-refractivity contribution in [1.29, 1.82) is 0 Å². The van der Waals surface area contributed by atoms with Gasteiger partial charge in [0.05, 0.1) is 6.42 Å². The van der Waals surface area contributed by atoms with E-state index in [1.165, 1.54) is 12.1 Å². The molecule has 0 aliphatic heterocycles. The molecule has 2 aromatic carbocycles. The lowest BCUT2D eigenvalue weighted by Gasteiger charge is -2.07. The minimum absolute atomic E-state index is 0.00893. The summed E-state index contributed by atoms with van der Waals surface area (Å²) >= 11 is 11.7. The Balaban J connectivity index is 2.07. The molecule has 0 radical (unpaired) electrons. The second-order valence-corrected chi connectivity index (χ2v) is 4.93. The fraction of sp³-hybridized carbons (Fsp3) is 0.0714. The van der Waals surface area contributed by atoms with Crippen molar-refractivity contribution in [1.82, 2.24) is 0 Å². The first-order valence-electron chi connectivity index (χ1n) is 5.64. The topological polar surface area (TPSA) is 29.1 Å². The largest absolute Gasteiger partial charge is 0.326 e. The Morgan fingerprint density at radius 2 is 1.80 bits per heavy atom. The van der Waals surface area contributed by atoms with Crippen LogP contribution in [0.3, 0.4) is 0 Å². The van der Waals surface area contributed by atoms with E-state index in [1.807, 2.05) is 0 Å². The van der Waals surface area contributed by atoms with Gasteiger partial charge in [0.2, 0.25) is 5.91 Å². The number of amides is 1. The maximum Gasteiger partial charge on any atom is 0.228 e. The second kappa shape index (κ2) is 6.20. The van der Waals surface area contributed by atoms with Gasteiger partial charge in [-0.3, -0.25) is 4.79 Å². The van der Waals surface area contributed by atoms with Crippen molar-refractivity contribution >= 4 is 34.8 Å². The van der Waals surface area contributed by atoms with Crippen LogP contribution >= 0.6 is 23.2 Å². The van der Waals surface area contributed by atoms with Gasteiger partial charge in [0, 0.05) is 21.8 Å². The molecule has 0 aliphatic carbocycles. The first-order valence-corrected chi connectivity index (χ1v) is 6.40. The molecule has 1 amide bonds. The molecule has 0 saturated carbocycles. The Morgan fingerprint density at radius 3 is 2.45 bits per heavy atom. The van der Waals surface area contributed by atoms with Crippen LogP contribution in [0, 0.1) is 11.6 Å². The van der Waals surface area contributed by atoms with Crippen LogP contribution in [0.5, 0.6) is 0 Å². The number of hydrogen-bond donors (Lipinski definition) is 1. The number of anilines is 1. The molecule has 0 unspecified atom stereocenters. The fourth-order valence-electron chi connectivity index (χ4n) is 1.62. The Kier molecular flexibility index (Phi) is 4.57. The molecule has 0 heterocycles. The predicted octanol–water partition coefficient (Wildman–Crippen LogP) is 4.45. The first kappa shape index (κ1) is 14.8. The zero-order valence-electron chi connectivity index (χ0n) is 10.1. The number of hydrogen-bond acceptors (Lipinski definition) is 1. The van der Waals surface area contributed by atoms with Gasteiger partial charge in [-0.25, -0.2) is 8.78 Å². The number of rotatable bonds is 3. The van der Waals surface area contributed by atoms with E-state index in [0.717, 1.165) is 12.1 Å². The van der Waals surface area contributed by atoms with Crippen LogP contribution in [0.1, 0.15) is 5.56 Å².